The fraction of sp³-hybridized carbons (Fsp3) is 0.308. The molecule has 0 atom stereocenters. The highest BCUT2D eigenvalue weighted by Crippen LogP contribution is 2.45. The first-order valence-electron chi connectivity index (χ1n) is 6.02. The molecular formula is C13H8BrClF5N2. The summed E-state index contributed by atoms with van der Waals surface area (Å²) in [6, 6.07) is 2.77. The first kappa shape index (κ1) is 17.2. The monoisotopic (exact) mass is 401 g/mol. The van der Waals surface area contributed by atoms with Crippen LogP contribution in [0.4, 0.5) is 22.0 Å². The van der Waals surface area contributed by atoms with Gasteiger partial charge < -0.3 is 0 Å². The molecule has 1 heterocycles. The summed E-state index contributed by atoms with van der Waals surface area (Å²) in [6.45, 7) is 1.74. The molecule has 1 aromatic rings. The maximum absolute atomic E-state index is 13.5. The molecule has 2 nitrogen and oxygen atoms in total. The van der Waals surface area contributed by atoms with Crippen molar-refractivity contribution >= 4 is 38.3 Å². The molecule has 0 fully saturated rings. The smallest absolute Gasteiger partial charge is 0.191 e. The number of hydrogen-bond acceptors (Lipinski definition) is 1. The van der Waals surface area contributed by atoms with Gasteiger partial charge in [-0.15, -0.1) is 10.5 Å². The van der Waals surface area contributed by atoms with Gasteiger partial charge in [0.25, 0.3) is 0 Å². The Bertz CT molecular complexity index is 667. The predicted octanol–water partition coefficient (Wildman–Crippen LogP) is 5.14. The van der Waals surface area contributed by atoms with Gasteiger partial charge in [-0.1, -0.05) is 30.7 Å². The molecule has 0 aliphatic carbocycles. The molecule has 0 saturated heterocycles. The minimum absolute atomic E-state index is 0.0750. The van der Waals surface area contributed by atoms with Crippen molar-refractivity contribution in [3.8, 4) is 0 Å². The van der Waals surface area contributed by atoms with E-state index in [0.29, 0.717) is 12.0 Å². The van der Waals surface area contributed by atoms with Crippen molar-refractivity contribution < 1.29 is 22.0 Å². The molecular weight excluding hydrogens is 395 g/mol. The fourth-order valence-electron chi connectivity index (χ4n) is 1.97. The van der Waals surface area contributed by atoms with Crippen LogP contribution in [0.15, 0.2) is 27.9 Å². The van der Waals surface area contributed by atoms with E-state index in [-0.39, 0.29) is 20.9 Å². The van der Waals surface area contributed by atoms with Crippen molar-refractivity contribution in [3.05, 3.63) is 39.5 Å². The van der Waals surface area contributed by atoms with Crippen LogP contribution in [0.5, 0.6) is 0 Å². The Morgan fingerprint density at radius 2 is 1.82 bits per heavy atom. The molecule has 1 aliphatic heterocycles. The molecule has 0 amide bonds. The Labute approximate surface area is 136 Å². The SMILES string of the molecule is CCc1ccc(C(F)(F)C(F)(F)F)cc1C1=C(Br)[N]N=C1Cl. The lowest BCUT2D eigenvalue weighted by molar-refractivity contribution is -0.289. The normalized spacial score (nSPS) is 15.9. The minimum Gasteiger partial charge on any atom is -0.191 e. The van der Waals surface area contributed by atoms with E-state index in [1.54, 1.807) is 6.92 Å². The molecule has 0 N–H and O–H groups in total. The molecule has 2 rings (SSSR count). The Morgan fingerprint density at radius 3 is 2.27 bits per heavy atom. The van der Waals surface area contributed by atoms with Gasteiger partial charge in [-0.25, -0.2) is 0 Å². The third-order valence-electron chi connectivity index (χ3n) is 3.12. The Kier molecular flexibility index (Phi) is 4.54. The zero-order valence-electron chi connectivity index (χ0n) is 11.0. The number of halogens is 7. The van der Waals surface area contributed by atoms with Crippen LogP contribution in [0.1, 0.15) is 23.6 Å². The summed E-state index contributed by atoms with van der Waals surface area (Å²) < 4.78 is 64.8. The second-order valence-corrected chi connectivity index (χ2v) is 5.56. The van der Waals surface area contributed by atoms with E-state index < -0.39 is 17.7 Å². The van der Waals surface area contributed by atoms with Gasteiger partial charge in [0, 0.05) is 5.56 Å². The lowest BCUT2D eigenvalue weighted by Gasteiger charge is -2.21. The number of allylic oxidation sites excluding steroid dienone is 1. The van der Waals surface area contributed by atoms with Gasteiger partial charge in [0.15, 0.2) is 5.17 Å². The van der Waals surface area contributed by atoms with E-state index in [4.69, 9.17) is 11.6 Å². The van der Waals surface area contributed by atoms with E-state index in [9.17, 15) is 22.0 Å². The zero-order valence-corrected chi connectivity index (χ0v) is 13.3. The predicted molar refractivity (Wildman–Crippen MR) is 77.0 cm³/mol. The summed E-state index contributed by atoms with van der Waals surface area (Å²) in [6.07, 6.45) is -5.26. The minimum atomic E-state index is -5.68. The lowest BCUT2D eigenvalue weighted by atomic mass is 9.94. The summed E-state index contributed by atoms with van der Waals surface area (Å²) in [5.41, 5.74) is 3.37. The summed E-state index contributed by atoms with van der Waals surface area (Å²) >= 11 is 8.92. The molecule has 0 unspecified atom stereocenters. The maximum Gasteiger partial charge on any atom is 0.458 e. The van der Waals surface area contributed by atoms with Gasteiger partial charge in [-0.3, -0.25) is 0 Å². The van der Waals surface area contributed by atoms with Crippen LogP contribution in [-0.2, 0) is 12.3 Å². The lowest BCUT2D eigenvalue weighted by Crippen LogP contribution is -2.33. The highest BCUT2D eigenvalue weighted by atomic mass is 79.9. The van der Waals surface area contributed by atoms with Gasteiger partial charge in [-0.05, 0) is 39.5 Å². The van der Waals surface area contributed by atoms with Crippen molar-refractivity contribution in [2.24, 2.45) is 5.10 Å². The number of alkyl halides is 5. The van der Waals surface area contributed by atoms with Crippen LogP contribution in [-0.4, -0.2) is 11.3 Å². The van der Waals surface area contributed by atoms with Crippen LogP contribution in [0.25, 0.3) is 5.57 Å². The van der Waals surface area contributed by atoms with Crippen molar-refractivity contribution in [1.82, 2.24) is 5.43 Å². The molecule has 9 heteroatoms. The van der Waals surface area contributed by atoms with Crippen LogP contribution >= 0.6 is 27.5 Å². The Balaban J connectivity index is 2.63. The number of hydrogen-bond donors (Lipinski definition) is 0. The summed E-state index contributed by atoms with van der Waals surface area (Å²) in [5.74, 6) is -4.96. The fourth-order valence-corrected chi connectivity index (χ4v) is 2.80. The van der Waals surface area contributed by atoms with Gasteiger partial charge >= 0.3 is 12.1 Å². The summed E-state index contributed by atoms with van der Waals surface area (Å²) in [7, 11) is 0. The standard InChI is InChI=1S/C13H8BrClF5N2/c1-2-6-3-4-7(12(16,17)13(18,19)20)5-8(6)9-10(14)21-22-11(9)15/h3-5H,2H2,1H3. The first-order chi connectivity index (χ1) is 10.1. The van der Waals surface area contributed by atoms with Crippen molar-refractivity contribution in [1.29, 1.82) is 0 Å². The quantitative estimate of drug-likeness (QED) is 0.495. The number of aryl methyl sites for hydroxylation is 1. The molecule has 1 aromatic carbocycles. The van der Waals surface area contributed by atoms with Crippen LogP contribution in [0, 0.1) is 0 Å². The molecule has 0 aromatic heterocycles. The van der Waals surface area contributed by atoms with E-state index >= 15 is 0 Å². The average molecular weight is 403 g/mol. The van der Waals surface area contributed by atoms with E-state index in [1.807, 2.05) is 0 Å². The topological polar surface area (TPSA) is 26.5 Å². The van der Waals surface area contributed by atoms with E-state index in [2.05, 4.69) is 26.5 Å². The molecule has 1 radical (unpaired) electrons. The Hall–Kier alpha value is -1.15. The molecule has 22 heavy (non-hydrogen) atoms. The van der Waals surface area contributed by atoms with Crippen molar-refractivity contribution in [3.63, 3.8) is 0 Å². The van der Waals surface area contributed by atoms with Crippen LogP contribution in [0.2, 0.25) is 0 Å². The highest BCUT2D eigenvalue weighted by Gasteiger charge is 2.58. The largest absolute Gasteiger partial charge is 0.458 e. The highest BCUT2D eigenvalue weighted by molar-refractivity contribution is 9.11. The van der Waals surface area contributed by atoms with Gasteiger partial charge in [0.05, 0.1) is 5.57 Å². The third kappa shape index (κ3) is 2.86. The maximum atomic E-state index is 13.5. The first-order valence-corrected chi connectivity index (χ1v) is 7.19. The molecule has 119 valence electrons. The molecule has 0 spiro atoms. The van der Waals surface area contributed by atoms with Crippen molar-refractivity contribution in [2.45, 2.75) is 25.4 Å². The van der Waals surface area contributed by atoms with Gasteiger partial charge in [0.2, 0.25) is 0 Å². The van der Waals surface area contributed by atoms with Crippen LogP contribution < -0.4 is 5.43 Å². The molecule has 0 bridgehead atoms. The van der Waals surface area contributed by atoms with Gasteiger partial charge in [-0.2, -0.15) is 22.0 Å². The molecule has 1 aliphatic rings. The number of benzene rings is 1. The third-order valence-corrected chi connectivity index (χ3v) is 3.94. The van der Waals surface area contributed by atoms with E-state index in [1.165, 1.54) is 6.07 Å². The summed E-state index contributed by atoms with van der Waals surface area (Å²) in [5, 5.41) is 3.49. The number of rotatable bonds is 3. The second-order valence-electron chi connectivity index (χ2n) is 4.45. The Morgan fingerprint density at radius 1 is 1.18 bits per heavy atom. The average Bonchev–Trinajstić information content (AvgIpc) is 2.76. The molecule has 0 saturated carbocycles. The second kappa shape index (κ2) is 5.81. The summed E-state index contributed by atoms with van der Waals surface area (Å²) in [4.78, 5) is 0. The number of nitrogens with zero attached hydrogens (tertiary/aromatic N) is 2. The van der Waals surface area contributed by atoms with E-state index in [0.717, 1.165) is 12.1 Å². The van der Waals surface area contributed by atoms with Crippen LogP contribution in [0.3, 0.4) is 0 Å². The zero-order chi connectivity index (χ0) is 16.7. The van der Waals surface area contributed by atoms with Gasteiger partial charge in [0.1, 0.15) is 4.61 Å². The van der Waals surface area contributed by atoms with Crippen molar-refractivity contribution in [2.75, 3.05) is 0 Å².